The molecule has 0 saturated heterocycles. The van der Waals surface area contributed by atoms with Crippen LogP contribution in [0.4, 0.5) is 0 Å². The van der Waals surface area contributed by atoms with Gasteiger partial charge in [0.25, 0.3) is 5.90 Å². The van der Waals surface area contributed by atoms with Crippen molar-refractivity contribution < 1.29 is 4.74 Å². The van der Waals surface area contributed by atoms with Crippen molar-refractivity contribution in [2.45, 2.75) is 0 Å². The molecule has 0 radical (unpaired) electrons. The van der Waals surface area contributed by atoms with Gasteiger partial charge < -0.3 is 4.74 Å². The van der Waals surface area contributed by atoms with Gasteiger partial charge in [-0.25, -0.2) is 9.98 Å². The maximum atomic E-state index is 5.11. The Kier molecular flexibility index (Phi) is 1.13. The van der Waals surface area contributed by atoms with Gasteiger partial charge in [-0.1, -0.05) is 0 Å². The molecule has 5 heteroatoms. The van der Waals surface area contributed by atoms with E-state index < -0.39 is 0 Å². The summed E-state index contributed by atoms with van der Waals surface area (Å²) in [5.41, 5.74) is 0. The molecular weight excluding hydrogens is 132 g/mol. The second-order valence-electron chi connectivity index (χ2n) is 1.87. The van der Waals surface area contributed by atoms with Crippen molar-refractivity contribution in [3.63, 3.8) is 0 Å². The van der Waals surface area contributed by atoms with E-state index in [2.05, 4.69) is 20.2 Å². The number of aliphatic imine (C=N–C) groups is 1. The van der Waals surface area contributed by atoms with Crippen molar-refractivity contribution in [3.8, 4) is 0 Å². The molecule has 0 aromatic carbocycles. The molecule has 5 nitrogen and oxygen atoms in total. The Morgan fingerprint density at radius 1 is 1.60 bits per heavy atom. The quantitative estimate of drug-likeness (QED) is 0.573. The lowest BCUT2D eigenvalue weighted by molar-refractivity contribution is 0.346. The van der Waals surface area contributed by atoms with E-state index in [9.17, 15) is 0 Å². The van der Waals surface area contributed by atoms with Crippen LogP contribution in [0.1, 0.15) is 5.82 Å². The van der Waals surface area contributed by atoms with E-state index in [1.54, 1.807) is 0 Å². The summed E-state index contributed by atoms with van der Waals surface area (Å²) >= 11 is 0. The lowest BCUT2D eigenvalue weighted by atomic mass is 10.6. The van der Waals surface area contributed by atoms with Gasteiger partial charge in [0, 0.05) is 0 Å². The Hall–Kier alpha value is -1.39. The highest BCUT2D eigenvalue weighted by Crippen LogP contribution is 1.99. The zero-order chi connectivity index (χ0) is 6.81. The van der Waals surface area contributed by atoms with E-state index in [0.717, 1.165) is 6.54 Å². The minimum absolute atomic E-state index is 0.567. The Labute approximate surface area is 57.1 Å². The lowest BCUT2D eigenvalue weighted by Crippen LogP contribution is -2.02. The van der Waals surface area contributed by atoms with Crippen molar-refractivity contribution in [2.24, 2.45) is 4.99 Å². The van der Waals surface area contributed by atoms with Crippen LogP contribution in [0.5, 0.6) is 0 Å². The molecule has 1 aromatic rings. The Bertz CT molecular complexity index is 240. The standard InChI is InChI=1S/C5H6N4O/c1-2-10-5(6-1)4-7-3-8-9-4/h3H,1-2H2,(H,7,8,9). The van der Waals surface area contributed by atoms with Crippen LogP contribution < -0.4 is 0 Å². The number of nitrogens with zero attached hydrogens (tertiary/aromatic N) is 3. The van der Waals surface area contributed by atoms with Gasteiger partial charge in [0.05, 0.1) is 6.54 Å². The second-order valence-corrected chi connectivity index (χ2v) is 1.87. The van der Waals surface area contributed by atoms with Crippen molar-refractivity contribution in [3.05, 3.63) is 12.2 Å². The van der Waals surface area contributed by atoms with E-state index in [-0.39, 0.29) is 0 Å². The lowest BCUT2D eigenvalue weighted by Gasteiger charge is -1.92. The minimum atomic E-state index is 0.567. The van der Waals surface area contributed by atoms with Gasteiger partial charge in [-0.2, -0.15) is 5.10 Å². The number of aromatic amines is 1. The summed E-state index contributed by atoms with van der Waals surface area (Å²) < 4.78 is 5.11. The summed E-state index contributed by atoms with van der Waals surface area (Å²) in [6, 6.07) is 0. The third-order valence-electron chi connectivity index (χ3n) is 1.20. The smallest absolute Gasteiger partial charge is 0.254 e. The van der Waals surface area contributed by atoms with Gasteiger partial charge in [0.15, 0.2) is 0 Å². The van der Waals surface area contributed by atoms with Gasteiger partial charge in [-0.05, 0) is 0 Å². The highest BCUT2D eigenvalue weighted by atomic mass is 16.5. The van der Waals surface area contributed by atoms with E-state index in [1.165, 1.54) is 6.33 Å². The van der Waals surface area contributed by atoms with Crippen LogP contribution in [-0.2, 0) is 4.74 Å². The summed E-state index contributed by atoms with van der Waals surface area (Å²) in [5.74, 6) is 1.18. The van der Waals surface area contributed by atoms with Crippen LogP contribution in [0.3, 0.4) is 0 Å². The second kappa shape index (κ2) is 2.09. The fraction of sp³-hybridized carbons (Fsp3) is 0.400. The summed E-state index contributed by atoms with van der Waals surface area (Å²) in [4.78, 5) is 7.91. The van der Waals surface area contributed by atoms with Gasteiger partial charge in [-0.3, -0.25) is 5.10 Å². The molecule has 1 aliphatic heterocycles. The monoisotopic (exact) mass is 138 g/mol. The fourth-order valence-electron chi connectivity index (χ4n) is 0.787. The van der Waals surface area contributed by atoms with Crippen LogP contribution >= 0.6 is 0 Å². The number of H-pyrrole nitrogens is 1. The third-order valence-corrected chi connectivity index (χ3v) is 1.20. The predicted octanol–water partition coefficient (Wildman–Crippen LogP) is -0.419. The van der Waals surface area contributed by atoms with Crippen LogP contribution in [0.2, 0.25) is 0 Å². The maximum absolute atomic E-state index is 5.11. The highest BCUT2D eigenvalue weighted by molar-refractivity contribution is 5.90. The van der Waals surface area contributed by atoms with Crippen LogP contribution in [-0.4, -0.2) is 34.2 Å². The molecule has 0 spiro atoms. The van der Waals surface area contributed by atoms with Crippen molar-refractivity contribution >= 4 is 5.90 Å². The molecule has 2 rings (SSSR count). The molecule has 52 valence electrons. The van der Waals surface area contributed by atoms with E-state index in [4.69, 9.17) is 4.74 Å². The number of hydrogen-bond donors (Lipinski definition) is 1. The SMILES string of the molecule is c1n[nH]c(C2=NCCO2)n1. The third kappa shape index (κ3) is 0.754. The fourth-order valence-corrected chi connectivity index (χ4v) is 0.787. The molecule has 1 N–H and O–H groups in total. The summed E-state index contributed by atoms with van der Waals surface area (Å²) in [6.45, 7) is 1.37. The maximum Gasteiger partial charge on any atom is 0.254 e. The predicted molar refractivity (Wildman–Crippen MR) is 33.7 cm³/mol. The van der Waals surface area contributed by atoms with Gasteiger partial charge in [0.1, 0.15) is 12.9 Å². The number of hydrogen-bond acceptors (Lipinski definition) is 4. The van der Waals surface area contributed by atoms with Gasteiger partial charge in [0.2, 0.25) is 5.82 Å². The molecule has 1 aliphatic rings. The van der Waals surface area contributed by atoms with E-state index in [0.29, 0.717) is 18.3 Å². The normalized spacial score (nSPS) is 16.6. The average Bonchev–Trinajstić information content (AvgIpc) is 2.59. The minimum Gasteiger partial charge on any atom is -0.473 e. The summed E-state index contributed by atoms with van der Waals surface area (Å²) in [6.07, 6.45) is 1.43. The zero-order valence-electron chi connectivity index (χ0n) is 5.24. The number of rotatable bonds is 1. The Morgan fingerprint density at radius 2 is 2.60 bits per heavy atom. The molecular formula is C5H6N4O. The molecule has 0 unspecified atom stereocenters. The zero-order valence-corrected chi connectivity index (χ0v) is 5.24. The average molecular weight is 138 g/mol. The number of aromatic nitrogens is 3. The van der Waals surface area contributed by atoms with Crippen molar-refractivity contribution in [1.29, 1.82) is 0 Å². The van der Waals surface area contributed by atoms with Gasteiger partial charge in [-0.15, -0.1) is 0 Å². The highest BCUT2D eigenvalue weighted by Gasteiger charge is 2.11. The van der Waals surface area contributed by atoms with E-state index >= 15 is 0 Å². The molecule has 2 heterocycles. The molecule has 0 aliphatic carbocycles. The first kappa shape index (κ1) is 5.40. The van der Waals surface area contributed by atoms with Crippen LogP contribution in [0.15, 0.2) is 11.3 Å². The topological polar surface area (TPSA) is 63.2 Å². The van der Waals surface area contributed by atoms with Crippen molar-refractivity contribution in [2.75, 3.05) is 13.2 Å². The Balaban J connectivity index is 2.28. The van der Waals surface area contributed by atoms with Crippen LogP contribution in [0.25, 0.3) is 0 Å². The summed E-state index contributed by atoms with van der Waals surface area (Å²) in [7, 11) is 0. The Morgan fingerprint density at radius 3 is 3.20 bits per heavy atom. The van der Waals surface area contributed by atoms with Crippen molar-refractivity contribution in [1.82, 2.24) is 15.2 Å². The molecule has 0 saturated carbocycles. The molecule has 0 fully saturated rings. The van der Waals surface area contributed by atoms with Gasteiger partial charge >= 0.3 is 0 Å². The van der Waals surface area contributed by atoms with Crippen LogP contribution in [0, 0.1) is 0 Å². The number of ether oxygens (including phenoxy) is 1. The van der Waals surface area contributed by atoms with E-state index in [1.807, 2.05) is 0 Å². The number of nitrogens with one attached hydrogen (secondary N) is 1. The summed E-state index contributed by atoms with van der Waals surface area (Å²) in [5, 5.41) is 6.33. The molecule has 10 heavy (non-hydrogen) atoms. The first-order valence-corrected chi connectivity index (χ1v) is 3.00. The molecule has 1 aromatic heterocycles. The largest absolute Gasteiger partial charge is 0.473 e. The first-order chi connectivity index (χ1) is 4.97. The molecule has 0 atom stereocenters. The molecule has 0 bridgehead atoms. The first-order valence-electron chi connectivity index (χ1n) is 3.00. The molecule has 0 amide bonds.